The summed E-state index contributed by atoms with van der Waals surface area (Å²) in [7, 11) is 0. The lowest BCUT2D eigenvalue weighted by Gasteiger charge is -2.23. The monoisotopic (exact) mass is 229 g/mol. The molecular formula is C12H23NO3. The van der Waals surface area contributed by atoms with Crippen molar-refractivity contribution in [3.05, 3.63) is 0 Å². The predicted octanol–water partition coefficient (Wildman–Crippen LogP) is 1.49. The molecule has 0 aromatic heterocycles. The third-order valence-corrected chi connectivity index (χ3v) is 2.72. The second-order valence-electron chi connectivity index (χ2n) is 4.10. The highest BCUT2D eigenvalue weighted by atomic mass is 16.5. The number of morpholine rings is 1. The Hall–Kier alpha value is -0.610. The maximum absolute atomic E-state index is 11.1. The number of unbranched alkanes of at least 4 members (excludes halogenated alkanes) is 2. The zero-order valence-electron chi connectivity index (χ0n) is 10.2. The van der Waals surface area contributed by atoms with Crippen LogP contribution in [0.5, 0.6) is 0 Å². The number of hydrogen-bond acceptors (Lipinski definition) is 4. The largest absolute Gasteiger partial charge is 0.466 e. The van der Waals surface area contributed by atoms with Crippen molar-refractivity contribution in [2.24, 2.45) is 0 Å². The van der Waals surface area contributed by atoms with Crippen LogP contribution in [0.25, 0.3) is 0 Å². The Kier molecular flexibility index (Phi) is 7.17. The third kappa shape index (κ3) is 6.08. The van der Waals surface area contributed by atoms with Crippen molar-refractivity contribution in [1.29, 1.82) is 0 Å². The molecule has 94 valence electrons. The molecule has 1 fully saturated rings. The predicted molar refractivity (Wildman–Crippen MR) is 62.3 cm³/mol. The molecule has 1 unspecified atom stereocenters. The third-order valence-electron chi connectivity index (χ3n) is 2.72. The average Bonchev–Trinajstić information content (AvgIpc) is 2.30. The Morgan fingerprint density at radius 3 is 3.00 bits per heavy atom. The van der Waals surface area contributed by atoms with Crippen LogP contribution >= 0.6 is 0 Å². The molecule has 1 N–H and O–H groups in total. The van der Waals surface area contributed by atoms with Gasteiger partial charge < -0.3 is 14.8 Å². The van der Waals surface area contributed by atoms with Crippen LogP contribution in [0, 0.1) is 0 Å². The lowest BCUT2D eigenvalue weighted by atomic mass is 10.1. The zero-order chi connectivity index (χ0) is 11.6. The SMILES string of the molecule is CCOC(=O)CCCCCC1CNCCO1. The van der Waals surface area contributed by atoms with Gasteiger partial charge in [0.05, 0.1) is 19.3 Å². The van der Waals surface area contributed by atoms with E-state index in [1.54, 1.807) is 0 Å². The molecule has 4 heteroatoms. The van der Waals surface area contributed by atoms with E-state index >= 15 is 0 Å². The van der Waals surface area contributed by atoms with Gasteiger partial charge in [0.25, 0.3) is 0 Å². The van der Waals surface area contributed by atoms with Crippen LogP contribution in [0.4, 0.5) is 0 Å². The van der Waals surface area contributed by atoms with Gasteiger partial charge in [0, 0.05) is 19.5 Å². The Morgan fingerprint density at radius 2 is 2.31 bits per heavy atom. The molecule has 0 amide bonds. The van der Waals surface area contributed by atoms with E-state index in [0.29, 0.717) is 19.1 Å². The molecule has 1 atom stereocenters. The summed E-state index contributed by atoms with van der Waals surface area (Å²) in [5.41, 5.74) is 0. The van der Waals surface area contributed by atoms with E-state index in [0.717, 1.165) is 45.4 Å². The summed E-state index contributed by atoms with van der Waals surface area (Å²) in [6, 6.07) is 0. The number of nitrogens with one attached hydrogen (secondary N) is 1. The summed E-state index contributed by atoms with van der Waals surface area (Å²) >= 11 is 0. The standard InChI is InChI=1S/C12H23NO3/c1-2-15-12(14)7-5-3-4-6-11-10-13-8-9-16-11/h11,13H,2-10H2,1H3. The number of carbonyl (C=O) groups excluding carboxylic acids is 1. The fourth-order valence-corrected chi connectivity index (χ4v) is 1.86. The van der Waals surface area contributed by atoms with E-state index in [9.17, 15) is 4.79 Å². The molecule has 0 saturated carbocycles. The normalized spacial score (nSPS) is 20.7. The van der Waals surface area contributed by atoms with Crippen molar-refractivity contribution in [3.63, 3.8) is 0 Å². The zero-order valence-corrected chi connectivity index (χ0v) is 10.2. The first-order chi connectivity index (χ1) is 7.83. The Balaban J connectivity index is 1.89. The number of rotatable bonds is 7. The van der Waals surface area contributed by atoms with Gasteiger partial charge in [-0.25, -0.2) is 0 Å². The van der Waals surface area contributed by atoms with Crippen LogP contribution in [0.1, 0.15) is 39.0 Å². The van der Waals surface area contributed by atoms with E-state index < -0.39 is 0 Å². The molecule has 0 radical (unpaired) electrons. The summed E-state index contributed by atoms with van der Waals surface area (Å²) in [6.07, 6.45) is 5.16. The first-order valence-electron chi connectivity index (χ1n) is 6.31. The van der Waals surface area contributed by atoms with Crippen LogP contribution < -0.4 is 5.32 Å². The van der Waals surface area contributed by atoms with Gasteiger partial charge in [0.2, 0.25) is 0 Å². The molecule has 0 aliphatic carbocycles. The highest BCUT2D eigenvalue weighted by molar-refractivity contribution is 5.69. The number of carbonyl (C=O) groups is 1. The summed E-state index contributed by atoms with van der Waals surface area (Å²) in [5, 5.41) is 3.31. The topological polar surface area (TPSA) is 47.6 Å². The van der Waals surface area contributed by atoms with Crippen molar-refractivity contribution in [1.82, 2.24) is 5.32 Å². The van der Waals surface area contributed by atoms with Gasteiger partial charge in [-0.1, -0.05) is 12.8 Å². The summed E-state index contributed by atoms with van der Waals surface area (Å²) in [5.74, 6) is -0.0712. The summed E-state index contributed by atoms with van der Waals surface area (Å²) < 4.78 is 10.5. The Bertz CT molecular complexity index is 191. The van der Waals surface area contributed by atoms with Crippen molar-refractivity contribution in [2.75, 3.05) is 26.3 Å². The first kappa shape index (κ1) is 13.5. The fourth-order valence-electron chi connectivity index (χ4n) is 1.86. The molecule has 0 aromatic rings. The molecule has 1 saturated heterocycles. The van der Waals surface area contributed by atoms with Gasteiger partial charge in [-0.05, 0) is 19.8 Å². The number of esters is 1. The lowest BCUT2D eigenvalue weighted by molar-refractivity contribution is -0.143. The lowest BCUT2D eigenvalue weighted by Crippen LogP contribution is -2.38. The van der Waals surface area contributed by atoms with Crippen LogP contribution in [0.15, 0.2) is 0 Å². The second-order valence-corrected chi connectivity index (χ2v) is 4.10. The van der Waals surface area contributed by atoms with Gasteiger partial charge in [-0.15, -0.1) is 0 Å². The summed E-state index contributed by atoms with van der Waals surface area (Å²) in [6.45, 7) is 5.09. The highest BCUT2D eigenvalue weighted by Gasteiger charge is 2.12. The number of hydrogen-bond donors (Lipinski definition) is 1. The van der Waals surface area contributed by atoms with Crippen molar-refractivity contribution in [2.45, 2.75) is 45.1 Å². The molecule has 0 spiro atoms. The average molecular weight is 229 g/mol. The van der Waals surface area contributed by atoms with Gasteiger partial charge in [-0.3, -0.25) is 4.79 Å². The molecule has 0 bridgehead atoms. The smallest absolute Gasteiger partial charge is 0.305 e. The fraction of sp³-hybridized carbons (Fsp3) is 0.917. The van der Waals surface area contributed by atoms with Gasteiger partial charge in [-0.2, -0.15) is 0 Å². The molecule has 1 heterocycles. The summed E-state index contributed by atoms with van der Waals surface area (Å²) in [4.78, 5) is 11.1. The van der Waals surface area contributed by atoms with Crippen molar-refractivity contribution in [3.8, 4) is 0 Å². The maximum atomic E-state index is 11.1. The quantitative estimate of drug-likeness (QED) is 0.531. The first-order valence-corrected chi connectivity index (χ1v) is 6.31. The minimum atomic E-state index is -0.0712. The van der Waals surface area contributed by atoms with Crippen LogP contribution in [0.2, 0.25) is 0 Å². The Labute approximate surface area is 97.7 Å². The van der Waals surface area contributed by atoms with Crippen molar-refractivity contribution < 1.29 is 14.3 Å². The maximum Gasteiger partial charge on any atom is 0.305 e. The minimum Gasteiger partial charge on any atom is -0.466 e. The Morgan fingerprint density at radius 1 is 1.44 bits per heavy atom. The molecule has 1 rings (SSSR count). The van der Waals surface area contributed by atoms with E-state index in [4.69, 9.17) is 9.47 Å². The molecule has 1 aliphatic heterocycles. The van der Waals surface area contributed by atoms with E-state index in [-0.39, 0.29) is 5.97 Å². The van der Waals surface area contributed by atoms with Gasteiger partial charge in [0.1, 0.15) is 0 Å². The van der Waals surface area contributed by atoms with Gasteiger partial charge >= 0.3 is 5.97 Å². The molecule has 1 aliphatic rings. The van der Waals surface area contributed by atoms with Gasteiger partial charge in [0.15, 0.2) is 0 Å². The van der Waals surface area contributed by atoms with Crippen LogP contribution in [0.3, 0.4) is 0 Å². The van der Waals surface area contributed by atoms with E-state index in [1.807, 2.05) is 6.92 Å². The highest BCUT2D eigenvalue weighted by Crippen LogP contribution is 2.09. The molecule has 16 heavy (non-hydrogen) atoms. The molecule has 0 aromatic carbocycles. The number of ether oxygens (including phenoxy) is 2. The van der Waals surface area contributed by atoms with Crippen LogP contribution in [-0.2, 0) is 14.3 Å². The molecule has 4 nitrogen and oxygen atoms in total. The second kappa shape index (κ2) is 8.53. The van der Waals surface area contributed by atoms with Crippen molar-refractivity contribution >= 4 is 5.97 Å². The van der Waals surface area contributed by atoms with E-state index in [1.165, 1.54) is 0 Å². The van der Waals surface area contributed by atoms with E-state index in [2.05, 4.69) is 5.32 Å². The molecular weight excluding hydrogens is 206 g/mol. The minimum absolute atomic E-state index is 0.0712. The van der Waals surface area contributed by atoms with Crippen LogP contribution in [-0.4, -0.2) is 38.4 Å².